The third-order valence-electron chi connectivity index (χ3n) is 4.49. The number of hydrogen-bond donors (Lipinski definition) is 2. The second-order valence-electron chi connectivity index (χ2n) is 6.67. The number of pyridine rings is 1. The Morgan fingerprint density at radius 1 is 1.06 bits per heavy atom. The molecule has 0 bridgehead atoms. The Labute approximate surface area is 176 Å². The van der Waals surface area contributed by atoms with Crippen molar-refractivity contribution in [1.29, 1.82) is 0 Å². The maximum absolute atomic E-state index is 13.4. The first-order valence-corrected chi connectivity index (χ1v) is 9.42. The molecule has 9 heteroatoms. The van der Waals surface area contributed by atoms with E-state index in [-0.39, 0.29) is 17.7 Å². The Bertz CT molecular complexity index is 1230. The van der Waals surface area contributed by atoms with E-state index in [0.29, 0.717) is 22.8 Å². The van der Waals surface area contributed by atoms with Crippen LogP contribution in [0.25, 0.3) is 11.5 Å². The molecule has 3 aromatic heterocycles. The zero-order chi connectivity index (χ0) is 21.6. The number of halogens is 1. The van der Waals surface area contributed by atoms with Crippen LogP contribution in [-0.4, -0.2) is 30.8 Å². The van der Waals surface area contributed by atoms with Crippen molar-refractivity contribution >= 4 is 5.91 Å². The van der Waals surface area contributed by atoms with Crippen molar-refractivity contribution in [2.75, 3.05) is 0 Å². The number of H-pyrrole nitrogens is 1. The third kappa shape index (κ3) is 5.02. The molecule has 0 saturated carbocycles. The van der Waals surface area contributed by atoms with Crippen molar-refractivity contribution in [2.24, 2.45) is 0 Å². The molecule has 1 unspecified atom stereocenters. The van der Waals surface area contributed by atoms with Crippen molar-refractivity contribution in [3.05, 3.63) is 106 Å². The summed E-state index contributed by atoms with van der Waals surface area (Å²) in [5.41, 5.74) is 1.41. The van der Waals surface area contributed by atoms with Crippen LogP contribution in [0.4, 0.5) is 4.39 Å². The van der Waals surface area contributed by atoms with Gasteiger partial charge in [0.2, 0.25) is 0 Å². The molecule has 4 rings (SSSR count). The summed E-state index contributed by atoms with van der Waals surface area (Å²) in [7, 11) is 0. The Hall–Kier alpha value is -4.27. The van der Waals surface area contributed by atoms with Gasteiger partial charge in [-0.15, -0.1) is 0 Å². The van der Waals surface area contributed by atoms with Gasteiger partial charge in [0.15, 0.2) is 5.82 Å². The average molecular weight is 416 g/mol. The summed E-state index contributed by atoms with van der Waals surface area (Å²) in [4.78, 5) is 44.1. The number of benzene rings is 1. The number of aromatic nitrogens is 5. The number of aromatic amines is 1. The van der Waals surface area contributed by atoms with Crippen LogP contribution in [-0.2, 0) is 6.42 Å². The lowest BCUT2D eigenvalue weighted by Gasteiger charge is -2.19. The molecule has 4 aromatic rings. The van der Waals surface area contributed by atoms with Crippen LogP contribution < -0.4 is 10.9 Å². The Balaban J connectivity index is 1.66. The first-order chi connectivity index (χ1) is 15.1. The zero-order valence-corrected chi connectivity index (χ0v) is 16.2. The average Bonchev–Trinajstić information content (AvgIpc) is 2.80. The van der Waals surface area contributed by atoms with Crippen LogP contribution in [0.15, 0.2) is 78.1 Å². The van der Waals surface area contributed by atoms with Gasteiger partial charge in [-0.3, -0.25) is 19.6 Å². The first-order valence-electron chi connectivity index (χ1n) is 9.42. The molecule has 0 aliphatic carbocycles. The summed E-state index contributed by atoms with van der Waals surface area (Å²) in [5, 5.41) is 2.86. The molecular formula is C22H17FN6O2. The molecule has 2 N–H and O–H groups in total. The maximum Gasteiger partial charge on any atom is 0.271 e. The van der Waals surface area contributed by atoms with Crippen molar-refractivity contribution in [3.8, 4) is 11.5 Å². The van der Waals surface area contributed by atoms with E-state index in [1.807, 2.05) is 0 Å². The number of nitrogens with zero attached hydrogens (tertiary/aromatic N) is 4. The summed E-state index contributed by atoms with van der Waals surface area (Å²) in [6.45, 7) is 0. The van der Waals surface area contributed by atoms with E-state index in [0.717, 1.165) is 0 Å². The van der Waals surface area contributed by atoms with Crippen LogP contribution in [0.5, 0.6) is 0 Å². The SMILES string of the molecule is O=C(NC(Cc1cc(=O)[nH]c(-c2ccccn2)n1)c1ccc(F)cc1)c1cnccn1. The lowest BCUT2D eigenvalue weighted by Crippen LogP contribution is -2.31. The normalized spacial score (nSPS) is 11.6. The fraction of sp³-hybridized carbons (Fsp3) is 0.0909. The fourth-order valence-electron chi connectivity index (χ4n) is 3.04. The summed E-state index contributed by atoms with van der Waals surface area (Å²) in [5.74, 6) is -0.520. The van der Waals surface area contributed by atoms with Crippen LogP contribution in [0.1, 0.15) is 27.8 Å². The quantitative estimate of drug-likeness (QED) is 0.499. The van der Waals surface area contributed by atoms with Crippen LogP contribution >= 0.6 is 0 Å². The molecular weight excluding hydrogens is 399 g/mol. The van der Waals surface area contributed by atoms with Crippen LogP contribution in [0, 0.1) is 5.82 Å². The van der Waals surface area contributed by atoms with E-state index in [1.165, 1.54) is 36.8 Å². The third-order valence-corrected chi connectivity index (χ3v) is 4.49. The smallest absolute Gasteiger partial charge is 0.271 e. The van der Waals surface area contributed by atoms with Crippen molar-refractivity contribution in [3.63, 3.8) is 0 Å². The molecule has 0 saturated heterocycles. The highest BCUT2D eigenvalue weighted by Gasteiger charge is 2.19. The Kier molecular flexibility index (Phi) is 5.84. The fourth-order valence-corrected chi connectivity index (χ4v) is 3.04. The van der Waals surface area contributed by atoms with E-state index in [1.54, 1.807) is 36.5 Å². The lowest BCUT2D eigenvalue weighted by atomic mass is 10.0. The topological polar surface area (TPSA) is 114 Å². The number of carbonyl (C=O) groups is 1. The highest BCUT2D eigenvalue weighted by Crippen LogP contribution is 2.19. The predicted molar refractivity (Wildman–Crippen MR) is 110 cm³/mol. The van der Waals surface area contributed by atoms with Gasteiger partial charge in [0, 0.05) is 31.1 Å². The van der Waals surface area contributed by atoms with Crippen LogP contribution in [0.3, 0.4) is 0 Å². The maximum atomic E-state index is 13.4. The molecule has 31 heavy (non-hydrogen) atoms. The predicted octanol–water partition coefficient (Wildman–Crippen LogP) is 2.47. The monoisotopic (exact) mass is 416 g/mol. The van der Waals surface area contributed by atoms with Gasteiger partial charge in [0.05, 0.1) is 17.9 Å². The molecule has 1 amide bonds. The van der Waals surface area contributed by atoms with E-state index >= 15 is 0 Å². The molecule has 1 aromatic carbocycles. The molecule has 1 atom stereocenters. The number of hydrogen-bond acceptors (Lipinski definition) is 6. The molecule has 3 heterocycles. The molecule has 0 spiro atoms. The number of carbonyl (C=O) groups excluding carboxylic acids is 1. The molecule has 0 radical (unpaired) electrons. The van der Waals surface area contributed by atoms with E-state index in [2.05, 4.69) is 30.2 Å². The lowest BCUT2D eigenvalue weighted by molar-refractivity contribution is 0.0931. The highest BCUT2D eigenvalue weighted by molar-refractivity contribution is 5.92. The van der Waals surface area contributed by atoms with E-state index < -0.39 is 17.8 Å². The molecule has 154 valence electrons. The molecule has 0 aliphatic rings. The Morgan fingerprint density at radius 3 is 2.61 bits per heavy atom. The minimum Gasteiger partial charge on any atom is -0.343 e. The van der Waals surface area contributed by atoms with Gasteiger partial charge in [-0.25, -0.2) is 14.4 Å². The first kappa shape index (κ1) is 20.0. The van der Waals surface area contributed by atoms with Gasteiger partial charge in [-0.1, -0.05) is 18.2 Å². The summed E-state index contributed by atoms with van der Waals surface area (Å²) < 4.78 is 13.4. The van der Waals surface area contributed by atoms with E-state index in [9.17, 15) is 14.0 Å². The summed E-state index contributed by atoms with van der Waals surface area (Å²) in [6.07, 6.45) is 6.03. The standard InChI is InChI=1S/C22H17FN6O2/c23-15-6-4-14(5-7-15)18(28-22(31)19-13-24-9-10-26-19)11-16-12-20(30)29-21(27-16)17-3-1-2-8-25-17/h1-10,12-13,18H,11H2,(H,28,31)(H,27,29,30). The van der Waals surface area contributed by atoms with Crippen molar-refractivity contribution < 1.29 is 9.18 Å². The van der Waals surface area contributed by atoms with E-state index in [4.69, 9.17) is 0 Å². The molecule has 8 nitrogen and oxygen atoms in total. The van der Waals surface area contributed by atoms with Gasteiger partial charge >= 0.3 is 0 Å². The minimum absolute atomic E-state index is 0.141. The van der Waals surface area contributed by atoms with Gasteiger partial charge in [-0.05, 0) is 29.8 Å². The van der Waals surface area contributed by atoms with Gasteiger partial charge < -0.3 is 10.3 Å². The second kappa shape index (κ2) is 9.04. The minimum atomic E-state index is -0.582. The van der Waals surface area contributed by atoms with Gasteiger partial charge in [0.25, 0.3) is 11.5 Å². The second-order valence-corrected chi connectivity index (χ2v) is 6.67. The van der Waals surface area contributed by atoms with Crippen molar-refractivity contribution in [2.45, 2.75) is 12.5 Å². The zero-order valence-electron chi connectivity index (χ0n) is 16.2. The van der Waals surface area contributed by atoms with Gasteiger partial charge in [-0.2, -0.15) is 0 Å². The summed E-state index contributed by atoms with van der Waals surface area (Å²) in [6, 6.07) is 11.8. The van der Waals surface area contributed by atoms with Crippen molar-refractivity contribution in [1.82, 2.24) is 30.2 Å². The highest BCUT2D eigenvalue weighted by atomic mass is 19.1. The number of nitrogens with one attached hydrogen (secondary N) is 2. The largest absolute Gasteiger partial charge is 0.343 e. The summed E-state index contributed by atoms with van der Waals surface area (Å²) >= 11 is 0. The number of rotatable bonds is 6. The number of amides is 1. The van der Waals surface area contributed by atoms with Crippen LogP contribution in [0.2, 0.25) is 0 Å². The Morgan fingerprint density at radius 2 is 1.90 bits per heavy atom. The molecule has 0 fully saturated rings. The molecule has 0 aliphatic heterocycles. The van der Waals surface area contributed by atoms with Gasteiger partial charge in [0.1, 0.15) is 17.2 Å².